The molecule has 3 N–H and O–H groups in total. The quantitative estimate of drug-likeness (QED) is 0.249. The second-order valence-corrected chi connectivity index (χ2v) is 8.63. The lowest BCUT2D eigenvalue weighted by molar-refractivity contribution is -0.154. The van der Waals surface area contributed by atoms with E-state index in [1.807, 2.05) is 19.1 Å². The predicted molar refractivity (Wildman–Crippen MR) is 114 cm³/mol. The van der Waals surface area contributed by atoms with E-state index in [0.29, 0.717) is 17.0 Å². The summed E-state index contributed by atoms with van der Waals surface area (Å²) in [5, 5.41) is 15.4. The molecule has 0 aliphatic carbocycles. The number of carboxylic acid groups (broad SMARTS) is 1. The van der Waals surface area contributed by atoms with Crippen molar-refractivity contribution in [2.45, 2.75) is 31.4 Å². The molecule has 0 amide bonds. The van der Waals surface area contributed by atoms with Crippen molar-refractivity contribution < 1.29 is 32.4 Å². The highest BCUT2D eigenvalue weighted by Crippen LogP contribution is 2.24. The SMILES string of the molecule is Cc1ccc(C(Nc2ccc(S(=O)(=O)Nc3cc(C)on3)cc2)OC(=O)CC(=O)O)cc1. The van der Waals surface area contributed by atoms with E-state index in [1.54, 1.807) is 19.1 Å². The van der Waals surface area contributed by atoms with E-state index in [4.69, 9.17) is 14.4 Å². The lowest BCUT2D eigenvalue weighted by Gasteiger charge is -2.21. The van der Waals surface area contributed by atoms with Crippen molar-refractivity contribution in [1.82, 2.24) is 5.16 Å². The van der Waals surface area contributed by atoms with E-state index >= 15 is 0 Å². The van der Waals surface area contributed by atoms with Gasteiger partial charge in [0.05, 0.1) is 4.90 Å². The van der Waals surface area contributed by atoms with E-state index in [-0.39, 0.29) is 10.7 Å². The molecule has 0 bridgehead atoms. The molecule has 0 saturated carbocycles. The van der Waals surface area contributed by atoms with Crippen LogP contribution in [0.1, 0.15) is 29.5 Å². The Bertz CT molecular complexity index is 1200. The number of aromatic nitrogens is 1. The number of hydrogen-bond acceptors (Lipinski definition) is 8. The molecule has 0 radical (unpaired) electrons. The van der Waals surface area contributed by atoms with E-state index in [9.17, 15) is 18.0 Å². The predicted octanol–water partition coefficient (Wildman–Crippen LogP) is 3.22. The number of nitrogens with one attached hydrogen (secondary N) is 2. The van der Waals surface area contributed by atoms with Crippen LogP contribution in [0.25, 0.3) is 0 Å². The van der Waals surface area contributed by atoms with Crippen molar-refractivity contribution in [3.05, 3.63) is 71.5 Å². The fourth-order valence-corrected chi connectivity index (χ4v) is 3.70. The normalized spacial score (nSPS) is 12.1. The summed E-state index contributed by atoms with van der Waals surface area (Å²) in [4.78, 5) is 22.7. The Balaban J connectivity index is 1.77. The Morgan fingerprint density at radius 2 is 1.75 bits per heavy atom. The van der Waals surface area contributed by atoms with Gasteiger partial charge in [0.25, 0.3) is 10.0 Å². The zero-order valence-corrected chi connectivity index (χ0v) is 18.0. The highest BCUT2D eigenvalue weighted by Gasteiger charge is 2.20. The van der Waals surface area contributed by atoms with Gasteiger partial charge in [-0.3, -0.25) is 14.3 Å². The number of carbonyl (C=O) groups is 2. The Kier molecular flexibility index (Phi) is 6.79. The number of esters is 1. The number of benzene rings is 2. The molecule has 10 nitrogen and oxygen atoms in total. The topological polar surface area (TPSA) is 148 Å². The van der Waals surface area contributed by atoms with Crippen molar-refractivity contribution in [2.24, 2.45) is 0 Å². The van der Waals surface area contributed by atoms with Crippen LogP contribution in [-0.4, -0.2) is 30.6 Å². The largest absolute Gasteiger partial charge is 0.481 e. The molecule has 3 rings (SSSR count). The molecule has 0 fully saturated rings. The minimum absolute atomic E-state index is 0.0153. The van der Waals surface area contributed by atoms with Gasteiger partial charge in [0.15, 0.2) is 12.0 Å². The van der Waals surface area contributed by atoms with Crippen LogP contribution >= 0.6 is 0 Å². The molecule has 0 spiro atoms. The van der Waals surface area contributed by atoms with Crippen LogP contribution in [0.4, 0.5) is 11.5 Å². The number of nitrogens with zero attached hydrogens (tertiary/aromatic N) is 1. The standard InChI is InChI=1S/C21H21N3O7S/c1-13-3-5-15(6-4-13)21(30-20(27)12-19(25)26)22-16-7-9-17(10-8-16)32(28,29)24-18-11-14(2)31-23-18/h3-11,21-22H,12H2,1-2H3,(H,23,24)(H,25,26). The Labute approximate surface area is 184 Å². The zero-order chi connectivity index (χ0) is 23.3. The second kappa shape index (κ2) is 9.52. The molecule has 3 aromatic rings. The van der Waals surface area contributed by atoms with Crippen molar-refractivity contribution in [3.63, 3.8) is 0 Å². The highest BCUT2D eigenvalue weighted by molar-refractivity contribution is 7.92. The van der Waals surface area contributed by atoms with Crippen LogP contribution in [0.15, 0.2) is 64.0 Å². The molecule has 168 valence electrons. The fourth-order valence-electron chi connectivity index (χ4n) is 2.71. The van der Waals surface area contributed by atoms with Gasteiger partial charge in [-0.15, -0.1) is 0 Å². The Morgan fingerprint density at radius 3 is 2.31 bits per heavy atom. The third-order valence-corrected chi connectivity index (χ3v) is 5.62. The lowest BCUT2D eigenvalue weighted by atomic mass is 10.1. The molecule has 0 aliphatic rings. The number of anilines is 2. The van der Waals surface area contributed by atoms with E-state index in [2.05, 4.69) is 15.2 Å². The molecule has 1 unspecified atom stereocenters. The Hall–Kier alpha value is -3.86. The number of carboxylic acids is 1. The number of aryl methyl sites for hydroxylation is 2. The molecule has 11 heteroatoms. The van der Waals surface area contributed by atoms with Crippen molar-refractivity contribution in [1.29, 1.82) is 0 Å². The van der Waals surface area contributed by atoms with Crippen LogP contribution in [0.3, 0.4) is 0 Å². The number of rotatable bonds is 9. The van der Waals surface area contributed by atoms with Crippen LogP contribution in [-0.2, 0) is 24.3 Å². The first-order valence-electron chi connectivity index (χ1n) is 9.43. The third kappa shape index (κ3) is 6.08. The maximum atomic E-state index is 12.5. The van der Waals surface area contributed by atoms with Crippen molar-refractivity contribution in [3.8, 4) is 0 Å². The van der Waals surface area contributed by atoms with Crippen LogP contribution < -0.4 is 10.0 Å². The summed E-state index contributed by atoms with van der Waals surface area (Å²) in [5.74, 6) is -1.69. The first-order chi connectivity index (χ1) is 15.1. The van der Waals surface area contributed by atoms with Gasteiger partial charge in [-0.1, -0.05) is 35.0 Å². The minimum Gasteiger partial charge on any atom is -0.481 e. The van der Waals surface area contributed by atoms with Gasteiger partial charge in [-0.2, -0.15) is 0 Å². The smallest absolute Gasteiger partial charge is 0.319 e. The molecule has 1 heterocycles. The lowest BCUT2D eigenvalue weighted by Crippen LogP contribution is -2.20. The summed E-state index contributed by atoms with van der Waals surface area (Å²) in [6.45, 7) is 3.54. The van der Waals surface area contributed by atoms with Crippen LogP contribution in [0, 0.1) is 13.8 Å². The molecule has 2 aromatic carbocycles. The third-order valence-electron chi connectivity index (χ3n) is 4.25. The number of hydrogen-bond donors (Lipinski definition) is 3. The highest BCUT2D eigenvalue weighted by atomic mass is 32.2. The average Bonchev–Trinajstić information content (AvgIpc) is 3.11. The van der Waals surface area contributed by atoms with Gasteiger partial charge in [0.2, 0.25) is 0 Å². The summed E-state index contributed by atoms with van der Waals surface area (Å²) >= 11 is 0. The first-order valence-corrected chi connectivity index (χ1v) is 10.9. The fraction of sp³-hybridized carbons (Fsp3) is 0.190. The summed E-state index contributed by atoms with van der Waals surface area (Å²) in [6, 6.07) is 14.3. The average molecular weight is 459 g/mol. The molecule has 0 aliphatic heterocycles. The minimum atomic E-state index is -3.89. The van der Waals surface area contributed by atoms with Gasteiger partial charge in [0.1, 0.15) is 12.2 Å². The number of carbonyl (C=O) groups excluding carboxylic acids is 1. The van der Waals surface area contributed by atoms with E-state index < -0.39 is 34.6 Å². The van der Waals surface area contributed by atoms with Crippen molar-refractivity contribution >= 4 is 33.5 Å². The second-order valence-electron chi connectivity index (χ2n) is 6.95. The molecule has 0 saturated heterocycles. The van der Waals surface area contributed by atoms with Gasteiger partial charge in [-0.05, 0) is 38.1 Å². The van der Waals surface area contributed by atoms with E-state index in [0.717, 1.165) is 5.56 Å². The maximum absolute atomic E-state index is 12.5. The monoisotopic (exact) mass is 459 g/mol. The molecule has 32 heavy (non-hydrogen) atoms. The summed E-state index contributed by atoms with van der Waals surface area (Å²) in [5.41, 5.74) is 2.04. The Morgan fingerprint density at radius 1 is 1.09 bits per heavy atom. The van der Waals surface area contributed by atoms with Gasteiger partial charge < -0.3 is 19.7 Å². The van der Waals surface area contributed by atoms with Crippen LogP contribution in [0.2, 0.25) is 0 Å². The summed E-state index contributed by atoms with van der Waals surface area (Å²) < 4.78 is 37.5. The maximum Gasteiger partial charge on any atom is 0.319 e. The molecular formula is C21H21N3O7S. The van der Waals surface area contributed by atoms with Crippen LogP contribution in [0.5, 0.6) is 0 Å². The van der Waals surface area contributed by atoms with Crippen molar-refractivity contribution in [2.75, 3.05) is 10.0 Å². The summed E-state index contributed by atoms with van der Waals surface area (Å²) in [6.07, 6.45) is -1.75. The number of sulfonamides is 1. The summed E-state index contributed by atoms with van der Waals surface area (Å²) in [7, 11) is -3.89. The van der Waals surface area contributed by atoms with Gasteiger partial charge >= 0.3 is 11.9 Å². The van der Waals surface area contributed by atoms with Gasteiger partial charge in [0, 0.05) is 17.3 Å². The first kappa shape index (κ1) is 22.8. The van der Waals surface area contributed by atoms with Gasteiger partial charge in [-0.25, -0.2) is 8.42 Å². The zero-order valence-electron chi connectivity index (χ0n) is 17.2. The number of aliphatic carboxylic acids is 1. The number of ether oxygens (including phenoxy) is 1. The van der Waals surface area contributed by atoms with E-state index in [1.165, 1.54) is 30.3 Å². The molecule has 1 aromatic heterocycles. The molecular weight excluding hydrogens is 438 g/mol. The molecule has 1 atom stereocenters.